The molecule has 1 N–H and O–H groups in total. The van der Waals surface area contributed by atoms with Crippen LogP contribution in [0, 0.1) is 0 Å². The Labute approximate surface area is 104 Å². The van der Waals surface area contributed by atoms with Crippen molar-refractivity contribution < 1.29 is 14.4 Å². The Morgan fingerprint density at radius 2 is 1.69 bits per heavy atom. The third-order valence-corrected chi connectivity index (χ3v) is 2.96. The molecule has 1 aliphatic rings. The maximum absolute atomic E-state index is 10.5. The van der Waals surface area contributed by atoms with Crippen LogP contribution in [-0.2, 0) is 14.4 Å². The second kappa shape index (κ2) is 6.51. The topological polar surface area (TPSA) is 66.5 Å². The molecule has 0 aromatic heterocycles. The summed E-state index contributed by atoms with van der Waals surface area (Å²) in [6, 6.07) is 0. The quantitative estimate of drug-likeness (QED) is 0.368. The van der Waals surface area contributed by atoms with Crippen molar-refractivity contribution in [2.24, 2.45) is 0 Å². The van der Waals surface area contributed by atoms with E-state index in [0.29, 0.717) is 12.8 Å². The summed E-state index contributed by atoms with van der Waals surface area (Å²) in [5.74, 6) is -0.156. The smallest absolute Gasteiger partial charge is 0.238 e. The van der Waals surface area contributed by atoms with Crippen molar-refractivity contribution in [2.45, 2.75) is 19.8 Å². The van der Waals surface area contributed by atoms with E-state index in [4.69, 9.17) is 0 Å². The highest BCUT2D eigenvalue weighted by Crippen LogP contribution is 2.15. The summed E-state index contributed by atoms with van der Waals surface area (Å²) in [6.07, 6.45) is 0.781. The number of imide groups is 1. The Morgan fingerprint density at radius 1 is 1.38 bits per heavy atom. The molecule has 0 aromatic rings. The van der Waals surface area contributed by atoms with Gasteiger partial charge in [0.25, 0.3) is 0 Å². The molecule has 0 aliphatic carbocycles. The summed E-state index contributed by atoms with van der Waals surface area (Å²) in [7, 11) is 0. The highest BCUT2D eigenvalue weighted by molar-refractivity contribution is 14.1. The standard InChI is InChI=1S/C4H4INO2.C2H4INO/c5-6-3(7)1-2-4(6)8;1-2(5)4-3/h1-2H2;1H3,(H,4,5). The second-order valence-electron chi connectivity index (χ2n) is 2.22. The molecule has 1 heterocycles. The van der Waals surface area contributed by atoms with E-state index in [0.717, 1.165) is 3.11 Å². The van der Waals surface area contributed by atoms with Crippen LogP contribution >= 0.6 is 45.7 Å². The van der Waals surface area contributed by atoms with Gasteiger partial charge in [0.05, 0.1) is 45.7 Å². The van der Waals surface area contributed by atoms with Gasteiger partial charge in [0.2, 0.25) is 17.7 Å². The van der Waals surface area contributed by atoms with Crippen LogP contribution in [0.4, 0.5) is 0 Å². The largest absolute Gasteiger partial charge is 0.299 e. The zero-order valence-electron chi connectivity index (χ0n) is 6.84. The molecule has 0 aromatic carbocycles. The Morgan fingerprint density at radius 3 is 1.77 bits per heavy atom. The normalized spacial score (nSPS) is 15.2. The molecule has 1 fully saturated rings. The van der Waals surface area contributed by atoms with Crippen molar-refractivity contribution in [3.63, 3.8) is 0 Å². The highest BCUT2D eigenvalue weighted by atomic mass is 127. The van der Waals surface area contributed by atoms with Crippen LogP contribution in [0.15, 0.2) is 0 Å². The molecule has 0 saturated carbocycles. The lowest BCUT2D eigenvalue weighted by Gasteiger charge is -1.97. The third-order valence-electron chi connectivity index (χ3n) is 1.12. The Balaban J connectivity index is 0.000000252. The van der Waals surface area contributed by atoms with Crippen molar-refractivity contribution in [3.05, 3.63) is 0 Å². The van der Waals surface area contributed by atoms with Crippen LogP contribution in [0.1, 0.15) is 19.8 Å². The van der Waals surface area contributed by atoms with Crippen LogP contribution in [0.25, 0.3) is 0 Å². The van der Waals surface area contributed by atoms with Gasteiger partial charge in [-0.1, -0.05) is 0 Å². The summed E-state index contributed by atoms with van der Waals surface area (Å²) in [5.41, 5.74) is 0. The van der Waals surface area contributed by atoms with Crippen molar-refractivity contribution in [1.82, 2.24) is 6.64 Å². The first-order chi connectivity index (χ1) is 5.99. The minimum absolute atomic E-state index is 0.00870. The molecule has 3 amide bonds. The lowest BCUT2D eigenvalue weighted by molar-refractivity contribution is -0.130. The lowest BCUT2D eigenvalue weighted by atomic mass is 10.4. The molecule has 1 rings (SSSR count). The molecule has 7 heteroatoms. The molecule has 0 bridgehead atoms. The monoisotopic (exact) mass is 410 g/mol. The van der Waals surface area contributed by atoms with Gasteiger partial charge >= 0.3 is 0 Å². The van der Waals surface area contributed by atoms with Crippen molar-refractivity contribution in [2.75, 3.05) is 0 Å². The van der Waals surface area contributed by atoms with Gasteiger partial charge in [0.15, 0.2) is 0 Å². The van der Waals surface area contributed by atoms with E-state index in [-0.39, 0.29) is 17.7 Å². The van der Waals surface area contributed by atoms with E-state index >= 15 is 0 Å². The zero-order chi connectivity index (χ0) is 10.4. The maximum atomic E-state index is 10.5. The number of nitrogens with zero attached hydrogens (tertiary/aromatic N) is 1. The fourth-order valence-corrected chi connectivity index (χ4v) is 1.03. The van der Waals surface area contributed by atoms with Gasteiger partial charge in [0, 0.05) is 19.8 Å². The predicted octanol–water partition coefficient (Wildman–Crippen LogP) is 0.958. The predicted molar refractivity (Wildman–Crippen MR) is 62.9 cm³/mol. The number of carbonyl (C=O) groups is 3. The number of rotatable bonds is 0. The molecule has 0 radical (unpaired) electrons. The first-order valence-electron chi connectivity index (χ1n) is 3.37. The summed E-state index contributed by atoms with van der Waals surface area (Å²) in [4.78, 5) is 30.7. The van der Waals surface area contributed by atoms with Gasteiger partial charge in [-0.15, -0.1) is 0 Å². The lowest BCUT2D eigenvalue weighted by Crippen LogP contribution is -2.16. The summed E-state index contributed by atoms with van der Waals surface area (Å²) >= 11 is 3.50. The summed E-state index contributed by atoms with van der Waals surface area (Å²) in [5, 5.41) is 0. The van der Waals surface area contributed by atoms with Crippen LogP contribution in [0.2, 0.25) is 0 Å². The Hall–Kier alpha value is 0.0700. The fraction of sp³-hybridized carbons (Fsp3) is 0.500. The van der Waals surface area contributed by atoms with E-state index in [9.17, 15) is 14.4 Å². The van der Waals surface area contributed by atoms with E-state index in [2.05, 4.69) is 3.53 Å². The van der Waals surface area contributed by atoms with Crippen LogP contribution < -0.4 is 3.53 Å². The van der Waals surface area contributed by atoms with Crippen LogP contribution in [0.3, 0.4) is 0 Å². The van der Waals surface area contributed by atoms with E-state index in [1.807, 2.05) is 0 Å². The molecule has 5 nitrogen and oxygen atoms in total. The molecule has 74 valence electrons. The Bertz CT molecular complexity index is 216. The van der Waals surface area contributed by atoms with Gasteiger partial charge in [0.1, 0.15) is 0 Å². The van der Waals surface area contributed by atoms with Gasteiger partial charge in [-0.3, -0.25) is 17.9 Å². The molecule has 0 unspecified atom stereocenters. The maximum Gasteiger partial charge on any atom is 0.238 e. The molecular formula is C6H8I2N2O3. The van der Waals surface area contributed by atoms with E-state index < -0.39 is 0 Å². The van der Waals surface area contributed by atoms with Gasteiger partial charge < -0.3 is 0 Å². The van der Waals surface area contributed by atoms with E-state index in [1.165, 1.54) is 6.92 Å². The number of halogens is 2. The fourth-order valence-electron chi connectivity index (χ4n) is 0.549. The number of carbonyl (C=O) groups excluding carboxylic acids is 3. The molecule has 13 heavy (non-hydrogen) atoms. The second-order valence-corrected chi connectivity index (χ2v) is 3.72. The van der Waals surface area contributed by atoms with Crippen molar-refractivity contribution >= 4 is 63.5 Å². The minimum atomic E-state index is -0.0735. The first kappa shape index (κ1) is 13.1. The van der Waals surface area contributed by atoms with Gasteiger partial charge in [-0.25, -0.2) is 3.11 Å². The molecule has 1 saturated heterocycles. The Kier molecular flexibility index (Phi) is 6.55. The van der Waals surface area contributed by atoms with E-state index in [1.54, 1.807) is 45.7 Å². The molecule has 0 atom stereocenters. The SMILES string of the molecule is CC(=O)NI.O=C1CCC(=O)N1I. The molecule has 0 spiro atoms. The van der Waals surface area contributed by atoms with Gasteiger partial charge in [-0.05, 0) is 0 Å². The molecule has 1 aliphatic heterocycles. The number of hydrogen-bond acceptors (Lipinski definition) is 3. The van der Waals surface area contributed by atoms with Crippen molar-refractivity contribution in [1.29, 1.82) is 0 Å². The summed E-state index contributed by atoms with van der Waals surface area (Å²) in [6.45, 7) is 1.46. The van der Waals surface area contributed by atoms with Gasteiger partial charge in [-0.2, -0.15) is 0 Å². The third kappa shape index (κ3) is 5.39. The average Bonchev–Trinajstić information content (AvgIpc) is 2.37. The number of amides is 3. The zero-order valence-corrected chi connectivity index (χ0v) is 11.2. The number of nitrogens with one attached hydrogen (secondary N) is 1. The van der Waals surface area contributed by atoms with Crippen LogP contribution in [-0.4, -0.2) is 20.8 Å². The van der Waals surface area contributed by atoms with Crippen molar-refractivity contribution in [3.8, 4) is 0 Å². The average molecular weight is 410 g/mol. The summed E-state index contributed by atoms with van der Waals surface area (Å²) < 4.78 is 3.50. The molecular weight excluding hydrogens is 402 g/mol. The first-order valence-corrected chi connectivity index (χ1v) is 5.42. The number of hydrogen-bond donors (Lipinski definition) is 1. The minimum Gasteiger partial charge on any atom is -0.299 e. The van der Waals surface area contributed by atoms with Crippen LogP contribution in [0.5, 0.6) is 0 Å². The highest BCUT2D eigenvalue weighted by Gasteiger charge is 2.26.